The van der Waals surface area contributed by atoms with Crippen LogP contribution in [-0.2, 0) is 9.53 Å². The largest absolute Gasteiger partial charge is 0.480 e. The summed E-state index contributed by atoms with van der Waals surface area (Å²) in [5.41, 5.74) is 4.85. The zero-order chi connectivity index (χ0) is 13.0. The number of ether oxygens (including phenoxy) is 1. The molecule has 104 valence electrons. The number of carbonyl (C=O) groups is 1. The van der Waals surface area contributed by atoms with Gasteiger partial charge in [0.15, 0.2) is 0 Å². The monoisotopic (exact) mass is 257 g/mol. The lowest BCUT2D eigenvalue weighted by atomic mass is 9.89. The van der Waals surface area contributed by atoms with E-state index in [0.29, 0.717) is 12.8 Å². The van der Waals surface area contributed by atoms with E-state index in [1.54, 1.807) is 0 Å². The van der Waals surface area contributed by atoms with Crippen molar-refractivity contribution in [1.29, 1.82) is 0 Å². The number of nitrogens with two attached hydrogens (primary N) is 1. The van der Waals surface area contributed by atoms with Crippen LogP contribution >= 0.6 is 0 Å². The molecule has 2 heterocycles. The lowest BCUT2D eigenvalue weighted by molar-refractivity contribution is -0.145. The third-order valence-corrected chi connectivity index (χ3v) is 4.01. The summed E-state index contributed by atoms with van der Waals surface area (Å²) in [5.74, 6) is -0.865. The minimum Gasteiger partial charge on any atom is -0.480 e. The molecule has 18 heavy (non-hydrogen) atoms. The lowest BCUT2D eigenvalue weighted by Crippen LogP contribution is -2.56. The van der Waals surface area contributed by atoms with Crippen LogP contribution in [0.3, 0.4) is 0 Å². The number of carboxylic acid groups (broad SMARTS) is 1. The van der Waals surface area contributed by atoms with Crippen molar-refractivity contribution in [3.8, 4) is 0 Å². The predicted molar refractivity (Wildman–Crippen MR) is 67.5 cm³/mol. The van der Waals surface area contributed by atoms with E-state index in [1.807, 2.05) is 0 Å². The van der Waals surface area contributed by atoms with Crippen molar-refractivity contribution in [2.75, 3.05) is 52.5 Å². The Labute approximate surface area is 108 Å². The first-order chi connectivity index (χ1) is 8.60. The second kappa shape index (κ2) is 5.97. The number of morpholine rings is 1. The number of piperidine rings is 1. The van der Waals surface area contributed by atoms with E-state index in [-0.39, 0.29) is 0 Å². The van der Waals surface area contributed by atoms with Crippen LogP contribution in [0, 0.1) is 0 Å². The summed E-state index contributed by atoms with van der Waals surface area (Å²) in [5, 5.41) is 9.05. The zero-order valence-electron chi connectivity index (χ0n) is 10.8. The molecule has 6 heteroatoms. The van der Waals surface area contributed by atoms with E-state index in [2.05, 4.69) is 9.80 Å². The zero-order valence-corrected chi connectivity index (χ0v) is 10.8. The van der Waals surface area contributed by atoms with Crippen LogP contribution in [-0.4, -0.2) is 78.9 Å². The van der Waals surface area contributed by atoms with Crippen molar-refractivity contribution >= 4 is 5.97 Å². The molecular weight excluding hydrogens is 234 g/mol. The van der Waals surface area contributed by atoms with Crippen LogP contribution in [0.25, 0.3) is 0 Å². The van der Waals surface area contributed by atoms with Gasteiger partial charge >= 0.3 is 5.97 Å². The van der Waals surface area contributed by atoms with E-state index in [9.17, 15) is 4.79 Å². The van der Waals surface area contributed by atoms with Gasteiger partial charge in [0.1, 0.15) is 5.54 Å². The first-order valence-corrected chi connectivity index (χ1v) is 6.65. The molecule has 0 radical (unpaired) electrons. The minimum absolute atomic E-state index is 0.547. The summed E-state index contributed by atoms with van der Waals surface area (Å²) in [6.07, 6.45) is 1.09. The van der Waals surface area contributed by atoms with E-state index in [1.165, 1.54) is 0 Å². The summed E-state index contributed by atoms with van der Waals surface area (Å²) < 4.78 is 5.31. The lowest BCUT2D eigenvalue weighted by Gasteiger charge is -2.37. The van der Waals surface area contributed by atoms with E-state index in [4.69, 9.17) is 15.6 Å². The third-order valence-electron chi connectivity index (χ3n) is 4.01. The average molecular weight is 257 g/mol. The van der Waals surface area contributed by atoms with E-state index >= 15 is 0 Å². The molecule has 6 nitrogen and oxygen atoms in total. The van der Waals surface area contributed by atoms with Gasteiger partial charge in [0, 0.05) is 39.3 Å². The number of aliphatic carboxylic acids is 1. The van der Waals surface area contributed by atoms with Gasteiger partial charge in [-0.3, -0.25) is 9.69 Å². The number of carboxylic acids is 1. The fourth-order valence-corrected chi connectivity index (χ4v) is 2.50. The van der Waals surface area contributed by atoms with Gasteiger partial charge in [-0.25, -0.2) is 0 Å². The highest BCUT2D eigenvalue weighted by Gasteiger charge is 2.37. The van der Waals surface area contributed by atoms with E-state index < -0.39 is 11.5 Å². The molecule has 0 aromatic rings. The topological polar surface area (TPSA) is 79.0 Å². The van der Waals surface area contributed by atoms with Crippen LogP contribution < -0.4 is 5.73 Å². The molecule has 0 unspecified atom stereocenters. The Balaban J connectivity index is 1.68. The van der Waals surface area contributed by atoms with Crippen molar-refractivity contribution in [3.05, 3.63) is 0 Å². The van der Waals surface area contributed by atoms with Gasteiger partial charge in [0.2, 0.25) is 0 Å². The molecule has 2 saturated heterocycles. The standard InChI is InChI=1S/C12H23N3O3/c13-12(11(16)17)1-3-14(4-2-12)5-6-15-7-9-18-10-8-15/h1-10,13H2,(H,16,17). The number of likely N-dealkylation sites (tertiary alicyclic amines) is 1. The predicted octanol–water partition coefficient (Wildman–Crippen LogP) is -0.803. The molecule has 0 aliphatic carbocycles. The van der Waals surface area contributed by atoms with Crippen molar-refractivity contribution in [2.24, 2.45) is 5.73 Å². The number of hydrogen-bond donors (Lipinski definition) is 2. The Morgan fingerprint density at radius 2 is 1.61 bits per heavy atom. The minimum atomic E-state index is -1.00. The molecule has 0 spiro atoms. The Morgan fingerprint density at radius 1 is 1.11 bits per heavy atom. The van der Waals surface area contributed by atoms with Crippen LogP contribution in [0.5, 0.6) is 0 Å². The van der Waals surface area contributed by atoms with Gasteiger partial charge in [-0.05, 0) is 12.8 Å². The Kier molecular flexibility index (Phi) is 4.55. The SMILES string of the molecule is NC1(C(=O)O)CCN(CCN2CCOCC2)CC1. The molecular formula is C12H23N3O3. The molecule has 3 N–H and O–H groups in total. The molecule has 0 amide bonds. The van der Waals surface area contributed by atoms with E-state index in [0.717, 1.165) is 52.5 Å². The maximum Gasteiger partial charge on any atom is 0.323 e. The van der Waals surface area contributed by atoms with Gasteiger partial charge in [-0.1, -0.05) is 0 Å². The second-order valence-electron chi connectivity index (χ2n) is 5.26. The van der Waals surface area contributed by atoms with Gasteiger partial charge in [-0.2, -0.15) is 0 Å². The average Bonchev–Trinajstić information content (AvgIpc) is 2.39. The van der Waals surface area contributed by atoms with Gasteiger partial charge in [-0.15, -0.1) is 0 Å². The van der Waals surface area contributed by atoms with Crippen molar-refractivity contribution in [3.63, 3.8) is 0 Å². The maximum absolute atomic E-state index is 11.0. The van der Waals surface area contributed by atoms with Crippen LogP contribution in [0.2, 0.25) is 0 Å². The van der Waals surface area contributed by atoms with Crippen LogP contribution in [0.4, 0.5) is 0 Å². The van der Waals surface area contributed by atoms with Gasteiger partial charge in [0.25, 0.3) is 0 Å². The summed E-state index contributed by atoms with van der Waals surface area (Å²) in [7, 11) is 0. The maximum atomic E-state index is 11.0. The fourth-order valence-electron chi connectivity index (χ4n) is 2.50. The quantitative estimate of drug-likeness (QED) is 0.686. The normalized spacial score (nSPS) is 26.1. The highest BCUT2D eigenvalue weighted by Crippen LogP contribution is 2.19. The molecule has 0 bridgehead atoms. The summed E-state index contributed by atoms with van der Waals surface area (Å²) in [6.45, 7) is 7.26. The van der Waals surface area contributed by atoms with Crippen LogP contribution in [0.1, 0.15) is 12.8 Å². The molecule has 0 aromatic heterocycles. The molecule has 2 fully saturated rings. The summed E-state index contributed by atoms with van der Waals surface area (Å²) in [6, 6.07) is 0. The molecule has 0 aromatic carbocycles. The molecule has 0 atom stereocenters. The van der Waals surface area contributed by atoms with Crippen LogP contribution in [0.15, 0.2) is 0 Å². The first-order valence-electron chi connectivity index (χ1n) is 6.65. The molecule has 0 saturated carbocycles. The number of nitrogens with zero attached hydrogens (tertiary/aromatic N) is 2. The van der Waals surface area contributed by atoms with Crippen molar-refractivity contribution < 1.29 is 14.6 Å². The molecule has 2 aliphatic heterocycles. The Morgan fingerprint density at radius 3 is 2.11 bits per heavy atom. The van der Waals surface area contributed by atoms with Gasteiger partial charge in [0.05, 0.1) is 13.2 Å². The highest BCUT2D eigenvalue weighted by molar-refractivity contribution is 5.78. The number of hydrogen-bond acceptors (Lipinski definition) is 5. The third kappa shape index (κ3) is 3.41. The first kappa shape index (κ1) is 13.7. The molecule has 2 aliphatic rings. The second-order valence-corrected chi connectivity index (χ2v) is 5.26. The Bertz CT molecular complexity index is 284. The van der Waals surface area contributed by atoms with Crippen molar-refractivity contribution in [1.82, 2.24) is 9.80 Å². The fraction of sp³-hybridized carbons (Fsp3) is 0.917. The smallest absolute Gasteiger partial charge is 0.323 e. The Hall–Kier alpha value is -0.690. The highest BCUT2D eigenvalue weighted by atomic mass is 16.5. The van der Waals surface area contributed by atoms with Gasteiger partial charge < -0.3 is 20.5 Å². The summed E-state index contributed by atoms with van der Waals surface area (Å²) >= 11 is 0. The summed E-state index contributed by atoms with van der Waals surface area (Å²) in [4.78, 5) is 15.7. The van der Waals surface area contributed by atoms with Crippen molar-refractivity contribution in [2.45, 2.75) is 18.4 Å². The molecule has 2 rings (SSSR count). The number of rotatable bonds is 4.